The molecule has 1 aromatic carbocycles. The molecule has 1 atom stereocenters. The summed E-state index contributed by atoms with van der Waals surface area (Å²) in [4.78, 5) is 4.85. The topological polar surface area (TPSA) is 42.4 Å². The number of pyridine rings is 1. The highest BCUT2D eigenvalue weighted by atomic mass is 16.5. The summed E-state index contributed by atoms with van der Waals surface area (Å²) in [7, 11) is 0. The van der Waals surface area contributed by atoms with E-state index in [1.54, 1.807) is 0 Å². The van der Waals surface area contributed by atoms with Gasteiger partial charge in [0.15, 0.2) is 0 Å². The lowest BCUT2D eigenvalue weighted by atomic mass is 9.66. The summed E-state index contributed by atoms with van der Waals surface area (Å²) < 4.78 is 5.97. The summed E-state index contributed by atoms with van der Waals surface area (Å²) in [5, 5.41) is 10.9. The highest BCUT2D eigenvalue weighted by Gasteiger charge is 2.38. The molecular weight excluding hydrogens is 358 g/mol. The van der Waals surface area contributed by atoms with E-state index in [1.807, 2.05) is 30.3 Å². The highest BCUT2D eigenvalue weighted by Crippen LogP contribution is 2.47. The first-order valence-corrected chi connectivity index (χ1v) is 11.5. The maximum absolute atomic E-state index is 10.9. The zero-order valence-electron chi connectivity index (χ0n) is 18.2. The predicted octanol–water partition coefficient (Wildman–Crippen LogP) is 6.79. The Hall–Kier alpha value is -1.87. The van der Waals surface area contributed by atoms with Crippen LogP contribution in [0.15, 0.2) is 42.5 Å². The summed E-state index contributed by atoms with van der Waals surface area (Å²) in [5.74, 6) is 0.665. The van der Waals surface area contributed by atoms with Crippen LogP contribution in [0.5, 0.6) is 5.88 Å². The molecule has 0 spiro atoms. The molecule has 0 fully saturated rings. The van der Waals surface area contributed by atoms with Crippen LogP contribution in [0.4, 0.5) is 0 Å². The molecule has 0 radical (unpaired) electrons. The molecular formula is C26H37NO2. The van der Waals surface area contributed by atoms with Crippen molar-refractivity contribution >= 4 is 0 Å². The Morgan fingerprint density at radius 3 is 2.31 bits per heavy atom. The summed E-state index contributed by atoms with van der Waals surface area (Å²) in [6.45, 7) is 5.03. The molecule has 2 aromatic rings. The zero-order valence-corrected chi connectivity index (χ0v) is 18.2. The van der Waals surface area contributed by atoms with Crippen molar-refractivity contribution in [2.24, 2.45) is 5.41 Å². The first-order valence-electron chi connectivity index (χ1n) is 11.5. The number of rotatable bonds is 11. The molecule has 1 aliphatic carbocycles. The van der Waals surface area contributed by atoms with Crippen LogP contribution in [-0.4, -0.2) is 10.1 Å². The van der Waals surface area contributed by atoms with Gasteiger partial charge in [0.1, 0.15) is 6.61 Å². The number of benzene rings is 1. The normalized spacial score (nSPS) is 17.7. The molecule has 1 N–H and O–H groups in total. The van der Waals surface area contributed by atoms with Crippen LogP contribution in [0.2, 0.25) is 0 Å². The Morgan fingerprint density at radius 1 is 0.966 bits per heavy atom. The van der Waals surface area contributed by atoms with Crippen LogP contribution in [0.1, 0.15) is 94.6 Å². The molecule has 158 valence electrons. The molecule has 1 heterocycles. The van der Waals surface area contributed by atoms with Crippen molar-refractivity contribution in [3.05, 3.63) is 59.3 Å². The average Bonchev–Trinajstić information content (AvgIpc) is 2.73. The minimum absolute atomic E-state index is 0.182. The Morgan fingerprint density at radius 2 is 1.66 bits per heavy atom. The second kappa shape index (κ2) is 10.8. The molecule has 0 saturated heterocycles. The minimum Gasteiger partial charge on any atom is -0.473 e. The van der Waals surface area contributed by atoms with Crippen LogP contribution in [0.3, 0.4) is 0 Å². The van der Waals surface area contributed by atoms with Crippen LogP contribution in [0, 0.1) is 5.41 Å². The fourth-order valence-electron chi connectivity index (χ4n) is 4.70. The van der Waals surface area contributed by atoms with E-state index in [-0.39, 0.29) is 5.41 Å². The van der Waals surface area contributed by atoms with E-state index >= 15 is 0 Å². The number of aromatic nitrogens is 1. The lowest BCUT2D eigenvalue weighted by molar-refractivity contribution is 0.0626. The number of nitrogens with zero attached hydrogens (tertiary/aromatic N) is 1. The zero-order chi connectivity index (χ0) is 20.5. The van der Waals surface area contributed by atoms with E-state index in [2.05, 4.69) is 26.0 Å². The van der Waals surface area contributed by atoms with Crippen molar-refractivity contribution < 1.29 is 9.84 Å². The lowest BCUT2D eigenvalue weighted by Gasteiger charge is -2.40. The van der Waals surface area contributed by atoms with Crippen LogP contribution in [-0.2, 0) is 13.0 Å². The van der Waals surface area contributed by atoms with Crippen LogP contribution >= 0.6 is 0 Å². The second-order valence-corrected chi connectivity index (χ2v) is 8.77. The van der Waals surface area contributed by atoms with Gasteiger partial charge < -0.3 is 9.84 Å². The quantitative estimate of drug-likeness (QED) is 0.426. The molecule has 1 unspecified atom stereocenters. The number of fused-ring (bicyclic) bond motifs is 1. The lowest BCUT2D eigenvalue weighted by Crippen LogP contribution is -2.32. The standard InChI is InChI=1S/C26H37NO2/c1-3-5-10-16-26(17-11-6-4-2)18-23-22(24(28)19-26)14-15-25(27-23)29-20-21-12-8-7-9-13-21/h7-9,12-15,24,28H,3-6,10-11,16-20H2,1-2H3. The third kappa shape index (κ3) is 6.05. The third-order valence-corrected chi connectivity index (χ3v) is 6.36. The van der Waals surface area contributed by atoms with E-state index in [1.165, 1.54) is 51.4 Å². The van der Waals surface area contributed by atoms with Crippen molar-refractivity contribution in [2.75, 3.05) is 0 Å². The fraction of sp³-hybridized carbons (Fsp3) is 0.577. The molecule has 1 aliphatic rings. The number of ether oxygens (including phenoxy) is 1. The number of aliphatic hydroxyl groups is 1. The van der Waals surface area contributed by atoms with Gasteiger partial charge in [0.2, 0.25) is 5.88 Å². The Balaban J connectivity index is 1.74. The van der Waals surface area contributed by atoms with Gasteiger partial charge in [-0.25, -0.2) is 4.98 Å². The minimum atomic E-state index is -0.405. The summed E-state index contributed by atoms with van der Waals surface area (Å²) in [6, 6.07) is 14.1. The molecule has 3 rings (SSSR count). The van der Waals surface area contributed by atoms with Gasteiger partial charge >= 0.3 is 0 Å². The van der Waals surface area contributed by atoms with Gasteiger partial charge in [-0.1, -0.05) is 82.7 Å². The average molecular weight is 396 g/mol. The van der Waals surface area contributed by atoms with E-state index in [0.717, 1.165) is 29.7 Å². The molecule has 0 saturated carbocycles. The van der Waals surface area contributed by atoms with Crippen molar-refractivity contribution in [3.63, 3.8) is 0 Å². The Kier molecular flexibility index (Phi) is 8.11. The maximum Gasteiger partial charge on any atom is 0.213 e. The smallest absolute Gasteiger partial charge is 0.213 e. The molecule has 1 aromatic heterocycles. The number of hydrogen-bond acceptors (Lipinski definition) is 3. The predicted molar refractivity (Wildman–Crippen MR) is 119 cm³/mol. The van der Waals surface area contributed by atoms with Gasteiger partial charge in [-0.15, -0.1) is 0 Å². The van der Waals surface area contributed by atoms with Crippen molar-refractivity contribution in [2.45, 2.75) is 90.8 Å². The Bertz CT molecular complexity index is 734. The first-order chi connectivity index (χ1) is 14.2. The van der Waals surface area contributed by atoms with E-state index in [4.69, 9.17) is 9.72 Å². The molecule has 29 heavy (non-hydrogen) atoms. The number of aliphatic hydroxyl groups excluding tert-OH is 1. The van der Waals surface area contributed by atoms with Crippen LogP contribution in [0.25, 0.3) is 0 Å². The first kappa shape index (κ1) is 21.8. The molecule has 3 nitrogen and oxygen atoms in total. The summed E-state index contributed by atoms with van der Waals surface area (Å²) >= 11 is 0. The van der Waals surface area contributed by atoms with Crippen molar-refractivity contribution in [3.8, 4) is 5.88 Å². The van der Waals surface area contributed by atoms with Crippen molar-refractivity contribution in [1.29, 1.82) is 0 Å². The molecule has 0 aliphatic heterocycles. The maximum atomic E-state index is 10.9. The largest absolute Gasteiger partial charge is 0.473 e. The molecule has 3 heteroatoms. The Labute approximate surface area is 176 Å². The number of unbranched alkanes of at least 4 members (excludes halogenated alkanes) is 4. The van der Waals surface area contributed by atoms with E-state index < -0.39 is 6.10 Å². The van der Waals surface area contributed by atoms with Gasteiger partial charge in [-0.3, -0.25) is 0 Å². The van der Waals surface area contributed by atoms with E-state index in [9.17, 15) is 5.11 Å². The fourth-order valence-corrected chi connectivity index (χ4v) is 4.70. The SMILES string of the molecule is CCCCCC1(CCCCC)Cc2nc(OCc3ccccc3)ccc2C(O)C1. The van der Waals surface area contributed by atoms with Gasteiger partial charge in [0.25, 0.3) is 0 Å². The summed E-state index contributed by atoms with van der Waals surface area (Å²) in [5.41, 5.74) is 3.36. The molecule has 0 bridgehead atoms. The summed E-state index contributed by atoms with van der Waals surface area (Å²) in [6.07, 6.45) is 11.3. The second-order valence-electron chi connectivity index (χ2n) is 8.77. The van der Waals surface area contributed by atoms with Gasteiger partial charge in [0.05, 0.1) is 11.8 Å². The van der Waals surface area contributed by atoms with Crippen LogP contribution < -0.4 is 4.74 Å². The monoisotopic (exact) mass is 395 g/mol. The van der Waals surface area contributed by atoms with E-state index in [0.29, 0.717) is 12.5 Å². The number of hydrogen-bond donors (Lipinski definition) is 1. The van der Waals surface area contributed by atoms with Crippen molar-refractivity contribution in [1.82, 2.24) is 4.98 Å². The van der Waals surface area contributed by atoms with Gasteiger partial charge in [-0.05, 0) is 42.7 Å². The molecule has 0 amide bonds. The highest BCUT2D eigenvalue weighted by molar-refractivity contribution is 5.31. The van der Waals surface area contributed by atoms with Gasteiger partial charge in [0, 0.05) is 11.6 Å². The third-order valence-electron chi connectivity index (χ3n) is 6.36. The van der Waals surface area contributed by atoms with Gasteiger partial charge in [-0.2, -0.15) is 0 Å².